The largest absolute Gasteiger partial charge is 0.471 e. The molecule has 1 fully saturated rings. The first-order valence-electron chi connectivity index (χ1n) is 6.33. The lowest BCUT2D eigenvalue weighted by Crippen LogP contribution is -2.51. The van der Waals surface area contributed by atoms with Gasteiger partial charge < -0.3 is 4.74 Å². The van der Waals surface area contributed by atoms with Crippen molar-refractivity contribution in [3.63, 3.8) is 0 Å². The molecule has 6 heteroatoms. The summed E-state index contributed by atoms with van der Waals surface area (Å²) >= 11 is 0. The Bertz CT molecular complexity index is 626. The van der Waals surface area contributed by atoms with E-state index in [0.717, 1.165) is 18.7 Å². The minimum Gasteiger partial charge on any atom is -0.471 e. The van der Waals surface area contributed by atoms with Gasteiger partial charge in [-0.2, -0.15) is 0 Å². The Hall–Kier alpha value is -2.34. The smallest absolute Gasteiger partial charge is 0.233 e. The van der Waals surface area contributed by atoms with E-state index < -0.39 is 0 Å². The van der Waals surface area contributed by atoms with E-state index in [9.17, 15) is 4.79 Å². The number of likely N-dealkylation sites (N-methyl/N-ethyl adjacent to an activating group) is 1. The molecule has 102 valence electrons. The molecule has 1 aliphatic rings. The van der Waals surface area contributed by atoms with Gasteiger partial charge >= 0.3 is 0 Å². The lowest BCUT2D eigenvalue weighted by atomic mass is 10.2. The fourth-order valence-electron chi connectivity index (χ4n) is 2.10. The molecule has 0 unspecified atom stereocenters. The van der Waals surface area contributed by atoms with E-state index >= 15 is 0 Å². The summed E-state index contributed by atoms with van der Waals surface area (Å²) in [5.41, 5.74) is 1.84. The molecule has 0 radical (unpaired) electrons. The number of hydrogen-bond acceptors (Lipinski definition) is 6. The molecule has 0 bridgehead atoms. The quantitative estimate of drug-likeness (QED) is 0.773. The van der Waals surface area contributed by atoms with Gasteiger partial charge in [0.25, 0.3) is 0 Å². The first-order chi connectivity index (χ1) is 9.74. The summed E-state index contributed by atoms with van der Waals surface area (Å²) in [4.78, 5) is 25.4. The number of carbonyl (C=O) groups is 1. The maximum atomic E-state index is 10.8. The highest BCUT2D eigenvalue weighted by Crippen LogP contribution is 2.20. The Morgan fingerprint density at radius 2 is 2.25 bits per heavy atom. The molecule has 3 heterocycles. The number of carbonyl (C=O) groups excluding carboxylic acids is 1. The second kappa shape index (κ2) is 5.34. The lowest BCUT2D eigenvalue weighted by Gasteiger charge is -2.35. The van der Waals surface area contributed by atoms with Crippen LogP contribution in [0.3, 0.4) is 0 Å². The number of hydrogen-bond donors (Lipinski definition) is 0. The third-order valence-electron chi connectivity index (χ3n) is 3.13. The zero-order valence-electron chi connectivity index (χ0n) is 11.1. The first-order valence-corrected chi connectivity index (χ1v) is 6.33. The summed E-state index contributed by atoms with van der Waals surface area (Å²) in [6.45, 7) is 1.80. The summed E-state index contributed by atoms with van der Waals surface area (Å²) in [5.74, 6) is 0.505. The molecular formula is C14H14N4O2. The molecule has 0 spiro atoms. The topological polar surface area (TPSA) is 68.2 Å². The standard InChI is InChI=1S/C14H14N4O2/c1-18-7-12(8-18)20-14-6-15-5-13(17-14)10-2-3-16-11(4-10)9-19/h2-6,9,12H,7-8H2,1H3. The summed E-state index contributed by atoms with van der Waals surface area (Å²) in [7, 11) is 2.04. The molecule has 1 aliphatic heterocycles. The molecule has 1 saturated heterocycles. The van der Waals surface area contributed by atoms with Crippen LogP contribution in [0.5, 0.6) is 5.88 Å². The average molecular weight is 270 g/mol. The second-order valence-electron chi connectivity index (χ2n) is 4.79. The number of pyridine rings is 1. The number of likely N-dealkylation sites (tertiary alicyclic amines) is 1. The fraction of sp³-hybridized carbons (Fsp3) is 0.286. The van der Waals surface area contributed by atoms with Crippen molar-refractivity contribution in [2.45, 2.75) is 6.10 Å². The van der Waals surface area contributed by atoms with Crippen LogP contribution in [-0.2, 0) is 0 Å². The number of rotatable bonds is 4. The van der Waals surface area contributed by atoms with Crippen molar-refractivity contribution >= 4 is 6.29 Å². The molecule has 2 aromatic rings. The van der Waals surface area contributed by atoms with Crippen LogP contribution in [-0.4, -0.2) is 52.4 Å². The minimum atomic E-state index is 0.174. The van der Waals surface area contributed by atoms with Crippen molar-refractivity contribution < 1.29 is 9.53 Å². The molecular weight excluding hydrogens is 256 g/mol. The maximum Gasteiger partial charge on any atom is 0.233 e. The molecule has 20 heavy (non-hydrogen) atoms. The van der Waals surface area contributed by atoms with Crippen LogP contribution in [0.4, 0.5) is 0 Å². The Balaban J connectivity index is 1.81. The van der Waals surface area contributed by atoms with Crippen LogP contribution >= 0.6 is 0 Å². The third-order valence-corrected chi connectivity index (χ3v) is 3.13. The summed E-state index contributed by atoms with van der Waals surface area (Å²) in [5, 5.41) is 0. The summed E-state index contributed by atoms with van der Waals surface area (Å²) in [6.07, 6.45) is 5.71. The van der Waals surface area contributed by atoms with Crippen molar-refractivity contribution in [3.8, 4) is 17.1 Å². The normalized spacial score (nSPS) is 15.7. The number of nitrogens with zero attached hydrogens (tertiary/aromatic N) is 4. The van der Waals surface area contributed by atoms with Crippen LogP contribution in [0.25, 0.3) is 11.3 Å². The summed E-state index contributed by atoms with van der Waals surface area (Å²) in [6, 6.07) is 3.47. The van der Waals surface area contributed by atoms with Gasteiger partial charge in [0.2, 0.25) is 5.88 Å². The Labute approximate surface area is 116 Å². The van der Waals surface area contributed by atoms with E-state index in [-0.39, 0.29) is 6.10 Å². The highest BCUT2D eigenvalue weighted by Gasteiger charge is 2.25. The molecule has 0 aromatic carbocycles. The predicted molar refractivity (Wildman–Crippen MR) is 72.6 cm³/mol. The van der Waals surface area contributed by atoms with Crippen LogP contribution in [0.15, 0.2) is 30.7 Å². The molecule has 0 saturated carbocycles. The molecule has 0 aliphatic carbocycles. The summed E-state index contributed by atoms with van der Waals surface area (Å²) < 4.78 is 5.74. The van der Waals surface area contributed by atoms with Crippen molar-refractivity contribution in [3.05, 3.63) is 36.4 Å². The Morgan fingerprint density at radius 1 is 1.40 bits per heavy atom. The van der Waals surface area contributed by atoms with Crippen LogP contribution in [0.1, 0.15) is 10.5 Å². The van der Waals surface area contributed by atoms with Gasteiger partial charge in [-0.05, 0) is 19.2 Å². The predicted octanol–water partition coefficient (Wildman–Crippen LogP) is 1.04. The highest BCUT2D eigenvalue weighted by molar-refractivity contribution is 5.75. The van der Waals surface area contributed by atoms with Gasteiger partial charge in [0, 0.05) is 24.8 Å². The SMILES string of the molecule is CN1CC(Oc2cncc(-c3ccnc(C=O)c3)n2)C1. The van der Waals surface area contributed by atoms with Crippen LogP contribution < -0.4 is 4.74 Å². The molecule has 0 atom stereocenters. The zero-order valence-corrected chi connectivity index (χ0v) is 11.1. The van der Waals surface area contributed by atoms with Crippen LogP contribution in [0.2, 0.25) is 0 Å². The van der Waals surface area contributed by atoms with Gasteiger partial charge in [-0.25, -0.2) is 4.98 Å². The van der Waals surface area contributed by atoms with E-state index in [0.29, 0.717) is 23.6 Å². The van der Waals surface area contributed by atoms with E-state index in [1.54, 1.807) is 30.7 Å². The molecule has 3 rings (SSSR count). The van der Waals surface area contributed by atoms with Crippen molar-refractivity contribution in [2.24, 2.45) is 0 Å². The van der Waals surface area contributed by atoms with E-state index in [1.807, 2.05) is 7.05 Å². The van der Waals surface area contributed by atoms with Gasteiger partial charge in [-0.1, -0.05) is 0 Å². The van der Waals surface area contributed by atoms with E-state index in [4.69, 9.17) is 4.74 Å². The third kappa shape index (κ3) is 2.65. The van der Waals surface area contributed by atoms with Gasteiger partial charge in [0.05, 0.1) is 18.1 Å². The van der Waals surface area contributed by atoms with Gasteiger partial charge in [0.15, 0.2) is 6.29 Å². The second-order valence-corrected chi connectivity index (χ2v) is 4.79. The molecule has 2 aromatic heterocycles. The Kier molecular flexibility index (Phi) is 3.39. The lowest BCUT2D eigenvalue weighted by molar-refractivity contribution is 0.0354. The van der Waals surface area contributed by atoms with Gasteiger partial charge in [-0.15, -0.1) is 0 Å². The molecule has 6 nitrogen and oxygen atoms in total. The number of ether oxygens (including phenoxy) is 1. The number of aldehydes is 1. The van der Waals surface area contributed by atoms with E-state index in [1.165, 1.54) is 0 Å². The average Bonchev–Trinajstić information content (AvgIpc) is 2.46. The fourth-order valence-corrected chi connectivity index (χ4v) is 2.10. The molecule has 0 N–H and O–H groups in total. The minimum absolute atomic E-state index is 0.174. The van der Waals surface area contributed by atoms with Crippen molar-refractivity contribution in [1.29, 1.82) is 0 Å². The monoisotopic (exact) mass is 270 g/mol. The van der Waals surface area contributed by atoms with Gasteiger partial charge in [-0.3, -0.25) is 19.7 Å². The van der Waals surface area contributed by atoms with Crippen molar-refractivity contribution in [2.75, 3.05) is 20.1 Å². The zero-order chi connectivity index (χ0) is 13.9. The maximum absolute atomic E-state index is 10.8. The molecule has 0 amide bonds. The van der Waals surface area contributed by atoms with Crippen LogP contribution in [0, 0.1) is 0 Å². The Morgan fingerprint density at radius 3 is 3.00 bits per heavy atom. The van der Waals surface area contributed by atoms with Gasteiger partial charge in [0.1, 0.15) is 11.8 Å². The van der Waals surface area contributed by atoms with Crippen molar-refractivity contribution in [1.82, 2.24) is 19.9 Å². The number of aromatic nitrogens is 3. The van der Waals surface area contributed by atoms with E-state index in [2.05, 4.69) is 19.9 Å². The highest BCUT2D eigenvalue weighted by atomic mass is 16.5. The first kappa shape index (κ1) is 12.7.